The van der Waals surface area contributed by atoms with Crippen LogP contribution in [0.3, 0.4) is 0 Å². The van der Waals surface area contributed by atoms with Gasteiger partial charge in [0.2, 0.25) is 0 Å². The van der Waals surface area contributed by atoms with E-state index in [4.69, 9.17) is 21.4 Å². The first-order valence-electron chi connectivity index (χ1n) is 8.55. The molecule has 5 heteroatoms. The molecule has 0 amide bonds. The molecule has 3 aromatic rings. The van der Waals surface area contributed by atoms with E-state index in [1.54, 1.807) is 30.3 Å². The van der Waals surface area contributed by atoms with Crippen LogP contribution in [0.5, 0.6) is 5.75 Å². The Kier molecular flexibility index (Phi) is 5.99. The lowest BCUT2D eigenvalue weighted by atomic mass is 10.1. The minimum absolute atomic E-state index is 0.255. The van der Waals surface area contributed by atoms with Gasteiger partial charge in [0, 0.05) is 22.8 Å². The quantitative estimate of drug-likeness (QED) is 0.564. The smallest absolute Gasteiger partial charge is 0.335 e. The molecule has 0 atom stereocenters. The lowest BCUT2D eigenvalue weighted by molar-refractivity contribution is 0.0697. The van der Waals surface area contributed by atoms with Gasteiger partial charge in [-0.05, 0) is 55.0 Å². The Morgan fingerprint density at radius 3 is 2.41 bits per heavy atom. The number of aromatic carboxylic acids is 1. The molecule has 0 aliphatic heterocycles. The minimum Gasteiger partial charge on any atom is -0.489 e. The van der Waals surface area contributed by atoms with Crippen molar-refractivity contribution in [2.45, 2.75) is 20.1 Å². The van der Waals surface area contributed by atoms with Crippen molar-refractivity contribution in [3.8, 4) is 5.75 Å². The first-order chi connectivity index (χ1) is 13.0. The number of hydrogen-bond acceptors (Lipinski definition) is 3. The predicted octanol–water partition coefficient (Wildman–Crippen LogP) is 5.54. The summed E-state index contributed by atoms with van der Waals surface area (Å²) >= 11 is 6.14. The zero-order valence-corrected chi connectivity index (χ0v) is 15.7. The summed E-state index contributed by atoms with van der Waals surface area (Å²) < 4.78 is 5.98. The van der Waals surface area contributed by atoms with Gasteiger partial charge in [0.25, 0.3) is 0 Å². The molecular formula is C22H20ClNO3. The highest BCUT2D eigenvalue weighted by molar-refractivity contribution is 6.30. The van der Waals surface area contributed by atoms with E-state index in [9.17, 15) is 4.79 Å². The van der Waals surface area contributed by atoms with E-state index in [1.165, 1.54) is 5.56 Å². The highest BCUT2D eigenvalue weighted by Gasteiger charge is 2.07. The largest absolute Gasteiger partial charge is 0.489 e. The summed E-state index contributed by atoms with van der Waals surface area (Å²) in [6.45, 7) is 3.04. The summed E-state index contributed by atoms with van der Waals surface area (Å²) in [7, 11) is 0. The highest BCUT2D eigenvalue weighted by atomic mass is 35.5. The molecule has 0 aliphatic carbocycles. The molecule has 0 spiro atoms. The van der Waals surface area contributed by atoms with E-state index >= 15 is 0 Å². The highest BCUT2D eigenvalue weighted by Crippen LogP contribution is 2.25. The second kappa shape index (κ2) is 8.60. The van der Waals surface area contributed by atoms with Gasteiger partial charge in [-0.3, -0.25) is 0 Å². The van der Waals surface area contributed by atoms with Crippen LogP contribution in [0.15, 0.2) is 66.7 Å². The van der Waals surface area contributed by atoms with E-state index < -0.39 is 5.97 Å². The number of anilines is 1. The van der Waals surface area contributed by atoms with Gasteiger partial charge in [-0.25, -0.2) is 4.79 Å². The van der Waals surface area contributed by atoms with E-state index in [0.29, 0.717) is 18.2 Å². The summed E-state index contributed by atoms with van der Waals surface area (Å²) in [5, 5.41) is 12.9. The van der Waals surface area contributed by atoms with Crippen molar-refractivity contribution >= 4 is 23.3 Å². The number of nitrogens with one attached hydrogen (secondary N) is 1. The standard InChI is InChI=1S/C22H20ClNO3/c1-15-2-4-16(5-3-15)14-27-21-11-8-19(23)12-18(21)13-24-20-9-6-17(7-10-20)22(25)26/h2-12,24H,13-14H2,1H3,(H,25,26). The Morgan fingerprint density at radius 1 is 1.04 bits per heavy atom. The first kappa shape index (κ1) is 18.8. The number of hydrogen-bond donors (Lipinski definition) is 2. The van der Waals surface area contributed by atoms with Crippen molar-refractivity contribution in [1.29, 1.82) is 0 Å². The molecular weight excluding hydrogens is 362 g/mol. The predicted molar refractivity (Wildman–Crippen MR) is 108 cm³/mol. The van der Waals surface area contributed by atoms with Crippen LogP contribution in [0, 0.1) is 6.92 Å². The van der Waals surface area contributed by atoms with E-state index in [0.717, 1.165) is 22.6 Å². The molecule has 0 bridgehead atoms. The lowest BCUT2D eigenvalue weighted by Gasteiger charge is -2.14. The fourth-order valence-corrected chi connectivity index (χ4v) is 2.80. The Bertz CT molecular complexity index is 921. The van der Waals surface area contributed by atoms with Gasteiger partial charge < -0.3 is 15.2 Å². The van der Waals surface area contributed by atoms with Gasteiger partial charge in [0.05, 0.1) is 5.56 Å². The molecule has 138 valence electrons. The van der Waals surface area contributed by atoms with Crippen LogP contribution in [-0.4, -0.2) is 11.1 Å². The molecule has 0 saturated heterocycles. The summed E-state index contributed by atoms with van der Waals surface area (Å²) in [6, 6.07) is 20.4. The molecule has 27 heavy (non-hydrogen) atoms. The van der Waals surface area contributed by atoms with Gasteiger partial charge in [0.15, 0.2) is 0 Å². The summed E-state index contributed by atoms with van der Waals surface area (Å²) in [5.74, 6) is -0.183. The molecule has 3 aromatic carbocycles. The average Bonchev–Trinajstić information content (AvgIpc) is 2.67. The zero-order valence-electron chi connectivity index (χ0n) is 14.9. The third-order valence-corrected chi connectivity index (χ3v) is 4.39. The molecule has 0 aromatic heterocycles. The number of ether oxygens (including phenoxy) is 1. The fraction of sp³-hybridized carbons (Fsp3) is 0.136. The number of carboxylic acids is 1. The van der Waals surface area contributed by atoms with Gasteiger partial charge in [-0.1, -0.05) is 41.4 Å². The SMILES string of the molecule is Cc1ccc(COc2ccc(Cl)cc2CNc2ccc(C(=O)O)cc2)cc1. The van der Waals surface area contributed by atoms with Gasteiger partial charge in [-0.2, -0.15) is 0 Å². The maximum absolute atomic E-state index is 10.9. The second-order valence-corrected chi connectivity index (χ2v) is 6.70. The van der Waals surface area contributed by atoms with Crippen molar-refractivity contribution in [3.63, 3.8) is 0 Å². The van der Waals surface area contributed by atoms with Crippen LogP contribution in [-0.2, 0) is 13.2 Å². The van der Waals surface area contributed by atoms with Crippen LogP contribution in [0.4, 0.5) is 5.69 Å². The monoisotopic (exact) mass is 381 g/mol. The second-order valence-electron chi connectivity index (χ2n) is 6.26. The topological polar surface area (TPSA) is 58.6 Å². The third kappa shape index (κ3) is 5.25. The summed E-state index contributed by atoms with van der Waals surface area (Å²) in [6.07, 6.45) is 0. The Balaban J connectivity index is 1.68. The van der Waals surface area contributed by atoms with Gasteiger partial charge >= 0.3 is 5.97 Å². The number of halogens is 1. The first-order valence-corrected chi connectivity index (χ1v) is 8.93. The summed E-state index contributed by atoms with van der Waals surface area (Å²) in [5.41, 5.74) is 4.31. The molecule has 0 heterocycles. The van der Waals surface area contributed by atoms with Crippen LogP contribution in [0.2, 0.25) is 5.02 Å². The Hall–Kier alpha value is -2.98. The lowest BCUT2D eigenvalue weighted by Crippen LogP contribution is -2.04. The molecule has 0 unspecified atom stereocenters. The molecule has 2 N–H and O–H groups in total. The van der Waals surface area contributed by atoms with Crippen molar-refractivity contribution in [2.75, 3.05) is 5.32 Å². The van der Waals surface area contributed by atoms with Crippen molar-refractivity contribution in [1.82, 2.24) is 0 Å². The summed E-state index contributed by atoms with van der Waals surface area (Å²) in [4.78, 5) is 10.9. The number of carboxylic acid groups (broad SMARTS) is 1. The third-order valence-electron chi connectivity index (χ3n) is 4.15. The van der Waals surface area contributed by atoms with E-state index in [2.05, 4.69) is 24.4 Å². The number of aryl methyl sites for hydroxylation is 1. The average molecular weight is 382 g/mol. The maximum atomic E-state index is 10.9. The van der Waals surface area contributed by atoms with Gasteiger partial charge in [0.1, 0.15) is 12.4 Å². The van der Waals surface area contributed by atoms with Crippen LogP contribution >= 0.6 is 11.6 Å². The molecule has 4 nitrogen and oxygen atoms in total. The maximum Gasteiger partial charge on any atom is 0.335 e. The molecule has 0 fully saturated rings. The fourth-order valence-electron chi connectivity index (χ4n) is 2.60. The van der Waals surface area contributed by atoms with E-state index in [1.807, 2.05) is 24.3 Å². The number of rotatable bonds is 7. The number of carbonyl (C=O) groups is 1. The van der Waals surface area contributed by atoms with Crippen LogP contribution in [0.1, 0.15) is 27.0 Å². The van der Waals surface area contributed by atoms with Crippen molar-refractivity contribution in [2.24, 2.45) is 0 Å². The van der Waals surface area contributed by atoms with E-state index in [-0.39, 0.29) is 5.56 Å². The molecule has 0 aliphatic rings. The van der Waals surface area contributed by atoms with Crippen LogP contribution in [0.25, 0.3) is 0 Å². The van der Waals surface area contributed by atoms with Crippen LogP contribution < -0.4 is 10.1 Å². The number of benzene rings is 3. The normalized spacial score (nSPS) is 10.4. The minimum atomic E-state index is -0.941. The van der Waals surface area contributed by atoms with Crippen molar-refractivity contribution in [3.05, 3.63) is 94.0 Å². The van der Waals surface area contributed by atoms with Crippen molar-refractivity contribution < 1.29 is 14.6 Å². The zero-order chi connectivity index (χ0) is 19.2. The molecule has 3 rings (SSSR count). The molecule has 0 radical (unpaired) electrons. The molecule has 0 saturated carbocycles. The van der Waals surface area contributed by atoms with Gasteiger partial charge in [-0.15, -0.1) is 0 Å². The Morgan fingerprint density at radius 2 is 1.74 bits per heavy atom. The Labute approximate surface area is 163 Å².